The number of rotatable bonds is 1. The Bertz CT molecular complexity index is 466. The van der Waals surface area contributed by atoms with Gasteiger partial charge in [-0.15, -0.1) is 0 Å². The molecule has 0 radical (unpaired) electrons. The molecule has 0 unspecified atom stereocenters. The SMILES string of the molecule is CC(C)(C)Cc1ncnc2ccncc12. The van der Waals surface area contributed by atoms with E-state index in [4.69, 9.17) is 0 Å². The summed E-state index contributed by atoms with van der Waals surface area (Å²) in [6, 6.07) is 1.92. The summed E-state index contributed by atoms with van der Waals surface area (Å²) < 4.78 is 0. The molecule has 0 aliphatic carbocycles. The van der Waals surface area contributed by atoms with Gasteiger partial charge in [-0.25, -0.2) is 9.97 Å². The second-order valence-corrected chi connectivity index (χ2v) is 4.95. The van der Waals surface area contributed by atoms with Crippen molar-refractivity contribution in [3.8, 4) is 0 Å². The molecule has 0 amide bonds. The first-order chi connectivity index (χ1) is 7.06. The van der Waals surface area contributed by atoms with Crippen LogP contribution >= 0.6 is 0 Å². The molecule has 0 saturated heterocycles. The van der Waals surface area contributed by atoms with Gasteiger partial charge >= 0.3 is 0 Å². The van der Waals surface area contributed by atoms with Gasteiger partial charge in [0.15, 0.2) is 0 Å². The maximum atomic E-state index is 4.34. The zero-order valence-electron chi connectivity index (χ0n) is 9.36. The van der Waals surface area contributed by atoms with E-state index in [2.05, 4.69) is 35.7 Å². The van der Waals surface area contributed by atoms with Gasteiger partial charge in [-0.1, -0.05) is 20.8 Å². The zero-order valence-corrected chi connectivity index (χ0v) is 9.36. The molecule has 0 fully saturated rings. The lowest BCUT2D eigenvalue weighted by Crippen LogP contribution is -2.11. The van der Waals surface area contributed by atoms with Crippen LogP contribution in [0.4, 0.5) is 0 Å². The Morgan fingerprint density at radius 3 is 2.73 bits per heavy atom. The summed E-state index contributed by atoms with van der Waals surface area (Å²) in [5.74, 6) is 0. The smallest absolute Gasteiger partial charge is 0.116 e. The van der Waals surface area contributed by atoms with Crippen LogP contribution in [0.25, 0.3) is 10.9 Å². The van der Waals surface area contributed by atoms with Crippen LogP contribution in [0.3, 0.4) is 0 Å². The van der Waals surface area contributed by atoms with E-state index >= 15 is 0 Å². The van der Waals surface area contributed by atoms with Crippen molar-refractivity contribution >= 4 is 10.9 Å². The fourth-order valence-corrected chi connectivity index (χ4v) is 1.60. The van der Waals surface area contributed by atoms with E-state index in [1.165, 1.54) is 0 Å². The molecule has 2 aromatic rings. The van der Waals surface area contributed by atoms with Crippen molar-refractivity contribution in [2.75, 3.05) is 0 Å². The van der Waals surface area contributed by atoms with E-state index < -0.39 is 0 Å². The van der Waals surface area contributed by atoms with Crippen LogP contribution in [-0.4, -0.2) is 15.0 Å². The standard InChI is InChI=1S/C12H15N3/c1-12(2,3)6-11-9-7-13-5-4-10(9)14-8-15-11/h4-5,7-8H,6H2,1-3H3. The highest BCUT2D eigenvalue weighted by molar-refractivity contribution is 5.79. The van der Waals surface area contributed by atoms with Crippen molar-refractivity contribution in [1.29, 1.82) is 0 Å². The van der Waals surface area contributed by atoms with Crippen molar-refractivity contribution in [1.82, 2.24) is 15.0 Å². The predicted molar refractivity (Wildman–Crippen MR) is 60.5 cm³/mol. The summed E-state index contributed by atoms with van der Waals surface area (Å²) in [5, 5.41) is 1.06. The highest BCUT2D eigenvalue weighted by atomic mass is 14.8. The minimum absolute atomic E-state index is 0.233. The molecule has 0 spiro atoms. The van der Waals surface area contributed by atoms with Crippen molar-refractivity contribution in [2.24, 2.45) is 5.41 Å². The fraction of sp³-hybridized carbons (Fsp3) is 0.417. The molecule has 0 aliphatic rings. The summed E-state index contributed by atoms with van der Waals surface area (Å²) in [6.07, 6.45) is 6.17. The monoisotopic (exact) mass is 201 g/mol. The molecular weight excluding hydrogens is 186 g/mol. The maximum Gasteiger partial charge on any atom is 0.116 e. The summed E-state index contributed by atoms with van der Waals surface area (Å²) in [4.78, 5) is 12.7. The topological polar surface area (TPSA) is 38.7 Å². The van der Waals surface area contributed by atoms with Gasteiger partial charge in [0, 0.05) is 17.8 Å². The Balaban J connectivity index is 2.52. The highest BCUT2D eigenvalue weighted by Gasteiger charge is 2.14. The number of pyridine rings is 1. The first kappa shape index (κ1) is 10.0. The van der Waals surface area contributed by atoms with Crippen LogP contribution in [0.1, 0.15) is 26.5 Å². The summed E-state index contributed by atoms with van der Waals surface area (Å²) in [6.45, 7) is 6.62. The lowest BCUT2D eigenvalue weighted by molar-refractivity contribution is 0.408. The quantitative estimate of drug-likeness (QED) is 0.712. The number of hydrogen-bond acceptors (Lipinski definition) is 3. The van der Waals surface area contributed by atoms with Gasteiger partial charge in [0.05, 0.1) is 11.2 Å². The summed E-state index contributed by atoms with van der Waals surface area (Å²) >= 11 is 0. The second-order valence-electron chi connectivity index (χ2n) is 4.95. The van der Waals surface area contributed by atoms with Gasteiger partial charge < -0.3 is 0 Å². The van der Waals surface area contributed by atoms with Gasteiger partial charge in [-0.3, -0.25) is 4.98 Å². The fourth-order valence-electron chi connectivity index (χ4n) is 1.60. The average molecular weight is 201 g/mol. The molecule has 3 nitrogen and oxygen atoms in total. The second kappa shape index (κ2) is 3.57. The van der Waals surface area contributed by atoms with E-state index in [0.717, 1.165) is 23.0 Å². The third kappa shape index (κ3) is 2.29. The summed E-state index contributed by atoms with van der Waals surface area (Å²) in [5.41, 5.74) is 2.29. The summed E-state index contributed by atoms with van der Waals surface area (Å²) in [7, 11) is 0. The van der Waals surface area contributed by atoms with Crippen LogP contribution in [-0.2, 0) is 6.42 Å². The van der Waals surface area contributed by atoms with Gasteiger partial charge in [0.25, 0.3) is 0 Å². The first-order valence-electron chi connectivity index (χ1n) is 5.10. The highest BCUT2D eigenvalue weighted by Crippen LogP contribution is 2.23. The minimum Gasteiger partial charge on any atom is -0.264 e. The van der Waals surface area contributed by atoms with Crippen molar-refractivity contribution < 1.29 is 0 Å². The number of hydrogen-bond donors (Lipinski definition) is 0. The van der Waals surface area contributed by atoms with E-state index in [1.54, 1.807) is 12.5 Å². The van der Waals surface area contributed by atoms with Gasteiger partial charge in [0.2, 0.25) is 0 Å². The molecule has 78 valence electrons. The normalized spacial score (nSPS) is 11.9. The van der Waals surface area contributed by atoms with E-state index in [9.17, 15) is 0 Å². The molecule has 0 atom stereocenters. The Hall–Kier alpha value is -1.51. The largest absolute Gasteiger partial charge is 0.264 e. The maximum absolute atomic E-state index is 4.34. The van der Waals surface area contributed by atoms with Crippen LogP contribution < -0.4 is 0 Å². The van der Waals surface area contributed by atoms with E-state index in [0.29, 0.717) is 0 Å². The predicted octanol–water partition coefficient (Wildman–Crippen LogP) is 2.61. The molecule has 0 saturated carbocycles. The Morgan fingerprint density at radius 1 is 1.20 bits per heavy atom. The molecule has 0 bridgehead atoms. The molecule has 15 heavy (non-hydrogen) atoms. The molecule has 2 aromatic heterocycles. The van der Waals surface area contributed by atoms with Crippen LogP contribution in [0.2, 0.25) is 0 Å². The van der Waals surface area contributed by atoms with E-state index in [1.807, 2.05) is 12.3 Å². The molecule has 2 rings (SSSR count). The Morgan fingerprint density at radius 2 is 2.00 bits per heavy atom. The number of fused-ring (bicyclic) bond motifs is 1. The number of aromatic nitrogens is 3. The molecule has 0 aromatic carbocycles. The van der Waals surface area contributed by atoms with Crippen LogP contribution in [0, 0.1) is 5.41 Å². The van der Waals surface area contributed by atoms with Gasteiger partial charge in [0.1, 0.15) is 6.33 Å². The lowest BCUT2D eigenvalue weighted by atomic mass is 9.89. The van der Waals surface area contributed by atoms with Crippen LogP contribution in [0.5, 0.6) is 0 Å². The molecule has 3 heteroatoms. The van der Waals surface area contributed by atoms with Crippen molar-refractivity contribution in [3.63, 3.8) is 0 Å². The van der Waals surface area contributed by atoms with Gasteiger partial charge in [-0.05, 0) is 17.9 Å². The third-order valence-electron chi connectivity index (χ3n) is 2.22. The Labute approximate surface area is 89.6 Å². The third-order valence-corrected chi connectivity index (χ3v) is 2.22. The molecular formula is C12H15N3. The van der Waals surface area contributed by atoms with Crippen LogP contribution in [0.15, 0.2) is 24.8 Å². The lowest BCUT2D eigenvalue weighted by Gasteiger charge is -2.17. The molecule has 0 N–H and O–H groups in total. The van der Waals surface area contributed by atoms with Gasteiger partial charge in [-0.2, -0.15) is 0 Å². The minimum atomic E-state index is 0.233. The first-order valence-corrected chi connectivity index (χ1v) is 5.10. The molecule has 2 heterocycles. The number of nitrogens with zero attached hydrogens (tertiary/aromatic N) is 3. The average Bonchev–Trinajstić information content (AvgIpc) is 2.16. The Kier molecular flexibility index (Phi) is 2.39. The van der Waals surface area contributed by atoms with E-state index in [-0.39, 0.29) is 5.41 Å². The zero-order chi connectivity index (χ0) is 10.9. The molecule has 0 aliphatic heterocycles. The van der Waals surface area contributed by atoms with Crippen molar-refractivity contribution in [3.05, 3.63) is 30.5 Å². The van der Waals surface area contributed by atoms with Crippen molar-refractivity contribution in [2.45, 2.75) is 27.2 Å².